The molecule has 0 radical (unpaired) electrons. The summed E-state index contributed by atoms with van der Waals surface area (Å²) >= 11 is 0. The van der Waals surface area contributed by atoms with E-state index < -0.39 is 17.7 Å². The van der Waals surface area contributed by atoms with Crippen molar-refractivity contribution >= 4 is 35.5 Å². The molecule has 0 amide bonds. The van der Waals surface area contributed by atoms with Crippen LogP contribution in [0.3, 0.4) is 0 Å². The van der Waals surface area contributed by atoms with Crippen molar-refractivity contribution in [3.05, 3.63) is 0 Å². The first-order chi connectivity index (χ1) is 5.45. The molecule has 0 aliphatic rings. The molecule has 0 fully saturated rings. The Morgan fingerprint density at radius 2 is 2.08 bits per heavy atom. The van der Waals surface area contributed by atoms with Gasteiger partial charge in [0.05, 0.1) is 5.66 Å². The Labute approximate surface area is 100 Å². The normalized spacial score (nSPS) is 16.9. The number of carboxylic acids is 1. The molecule has 0 aromatic heterocycles. The van der Waals surface area contributed by atoms with E-state index in [0.717, 1.165) is 0 Å². The van der Waals surface area contributed by atoms with Gasteiger partial charge in [-0.05, 0) is 20.3 Å². The van der Waals surface area contributed by atoms with Crippen LogP contribution in [0.5, 0.6) is 0 Å². The van der Waals surface area contributed by atoms with E-state index in [4.69, 9.17) is 10.3 Å². The Morgan fingerprint density at radius 3 is 2.31 bits per heavy atom. The van der Waals surface area contributed by atoms with Crippen LogP contribution in [-0.4, -0.2) is 57.5 Å². The zero-order chi connectivity index (χ0) is 9.78. The molecule has 0 aromatic rings. The number of carbonyl (C=O) groups is 1. The third kappa shape index (κ3) is 5.61. The standard InChI is InChI=1S/C7H16N2O3.Na.H/c1-4-7(3,9-12)8-5(2)6(10)11;;/h5,8-9,12H,4H2,1-3H3,(H,10,11);;. The number of hydroxylamine groups is 1. The molecular weight excluding hydrogens is 183 g/mol. The van der Waals surface area contributed by atoms with Gasteiger partial charge in [0.2, 0.25) is 0 Å². The van der Waals surface area contributed by atoms with Gasteiger partial charge in [0.1, 0.15) is 6.04 Å². The first kappa shape index (κ1) is 15.8. The van der Waals surface area contributed by atoms with Gasteiger partial charge in [-0.2, -0.15) is 5.48 Å². The van der Waals surface area contributed by atoms with Crippen molar-refractivity contribution in [1.29, 1.82) is 0 Å². The maximum absolute atomic E-state index is 10.4. The van der Waals surface area contributed by atoms with Crippen molar-refractivity contribution in [1.82, 2.24) is 10.8 Å². The first-order valence-electron chi connectivity index (χ1n) is 3.87. The van der Waals surface area contributed by atoms with Gasteiger partial charge in [-0.25, -0.2) is 0 Å². The van der Waals surface area contributed by atoms with Crippen LogP contribution >= 0.6 is 0 Å². The minimum atomic E-state index is -0.940. The fraction of sp³-hybridized carbons (Fsp3) is 0.857. The van der Waals surface area contributed by atoms with Gasteiger partial charge >= 0.3 is 35.5 Å². The molecule has 2 unspecified atom stereocenters. The summed E-state index contributed by atoms with van der Waals surface area (Å²) in [5.41, 5.74) is 1.30. The topological polar surface area (TPSA) is 81.6 Å². The molecule has 0 rings (SSSR count). The Kier molecular flexibility index (Phi) is 8.21. The summed E-state index contributed by atoms with van der Waals surface area (Å²) in [5, 5.41) is 20.0. The number of nitrogens with one attached hydrogen (secondary N) is 2. The average molecular weight is 200 g/mol. The van der Waals surface area contributed by atoms with Gasteiger partial charge in [0, 0.05) is 0 Å². The summed E-state index contributed by atoms with van der Waals surface area (Å²) in [6.45, 7) is 5.05. The van der Waals surface area contributed by atoms with E-state index in [0.29, 0.717) is 6.42 Å². The van der Waals surface area contributed by atoms with Crippen LogP contribution in [0, 0.1) is 0 Å². The Hall–Kier alpha value is 0.350. The molecule has 0 heterocycles. The second-order valence-electron chi connectivity index (χ2n) is 3.00. The molecular formula is C7H17N2NaO3. The Morgan fingerprint density at radius 1 is 1.62 bits per heavy atom. The number of hydrogen-bond donors (Lipinski definition) is 4. The van der Waals surface area contributed by atoms with Crippen molar-refractivity contribution in [3.63, 3.8) is 0 Å². The molecule has 4 N–H and O–H groups in total. The van der Waals surface area contributed by atoms with E-state index in [9.17, 15) is 4.79 Å². The van der Waals surface area contributed by atoms with E-state index in [1.165, 1.54) is 6.92 Å². The van der Waals surface area contributed by atoms with E-state index in [1.807, 2.05) is 12.4 Å². The van der Waals surface area contributed by atoms with Gasteiger partial charge < -0.3 is 10.3 Å². The molecule has 6 heteroatoms. The second-order valence-corrected chi connectivity index (χ2v) is 3.00. The zero-order valence-corrected chi connectivity index (χ0v) is 7.59. The summed E-state index contributed by atoms with van der Waals surface area (Å²) in [6, 6.07) is -0.686. The van der Waals surface area contributed by atoms with Crippen molar-refractivity contribution in [2.45, 2.75) is 38.9 Å². The van der Waals surface area contributed by atoms with Gasteiger partial charge in [-0.15, -0.1) is 0 Å². The molecule has 0 saturated carbocycles. The Balaban J connectivity index is 0. The summed E-state index contributed by atoms with van der Waals surface area (Å²) in [5.74, 6) is -0.940. The predicted molar refractivity (Wildman–Crippen MR) is 51.0 cm³/mol. The summed E-state index contributed by atoms with van der Waals surface area (Å²) in [6.07, 6.45) is 0.584. The van der Waals surface area contributed by atoms with Crippen LogP contribution in [0.2, 0.25) is 0 Å². The van der Waals surface area contributed by atoms with E-state index in [-0.39, 0.29) is 29.6 Å². The SMILES string of the molecule is CCC(C)(NO)NC(C)C(=O)O.[NaH]. The average Bonchev–Trinajstić information content (AvgIpc) is 2.04. The van der Waals surface area contributed by atoms with Gasteiger partial charge in [-0.3, -0.25) is 10.1 Å². The van der Waals surface area contributed by atoms with Crippen molar-refractivity contribution in [2.24, 2.45) is 0 Å². The molecule has 74 valence electrons. The third-order valence-electron chi connectivity index (χ3n) is 1.86. The molecule has 0 bridgehead atoms. The molecule has 13 heavy (non-hydrogen) atoms. The van der Waals surface area contributed by atoms with Crippen LogP contribution in [0.1, 0.15) is 27.2 Å². The van der Waals surface area contributed by atoms with E-state index in [1.54, 1.807) is 6.92 Å². The molecule has 2 atom stereocenters. The summed E-state index contributed by atoms with van der Waals surface area (Å²) in [7, 11) is 0. The van der Waals surface area contributed by atoms with Crippen LogP contribution in [-0.2, 0) is 4.79 Å². The molecule has 0 spiro atoms. The van der Waals surface area contributed by atoms with Crippen molar-refractivity contribution < 1.29 is 15.1 Å². The van der Waals surface area contributed by atoms with Crippen LogP contribution in [0.4, 0.5) is 0 Å². The second kappa shape index (κ2) is 6.75. The van der Waals surface area contributed by atoms with Gasteiger partial charge in [0.25, 0.3) is 0 Å². The van der Waals surface area contributed by atoms with E-state index >= 15 is 0 Å². The monoisotopic (exact) mass is 200 g/mol. The number of rotatable bonds is 5. The van der Waals surface area contributed by atoms with Gasteiger partial charge in [0.15, 0.2) is 0 Å². The fourth-order valence-electron chi connectivity index (χ4n) is 0.753. The van der Waals surface area contributed by atoms with Gasteiger partial charge in [-0.1, -0.05) is 6.92 Å². The number of carboxylic acid groups (broad SMARTS) is 1. The van der Waals surface area contributed by atoms with Crippen molar-refractivity contribution in [2.75, 3.05) is 0 Å². The van der Waals surface area contributed by atoms with Crippen LogP contribution < -0.4 is 10.8 Å². The zero-order valence-electron chi connectivity index (χ0n) is 7.59. The van der Waals surface area contributed by atoms with Crippen LogP contribution in [0.25, 0.3) is 0 Å². The molecule has 0 saturated heterocycles. The molecule has 0 aliphatic carbocycles. The predicted octanol–water partition coefficient (Wildman–Crippen LogP) is -0.494. The summed E-state index contributed by atoms with van der Waals surface area (Å²) in [4.78, 5) is 10.4. The molecule has 0 aliphatic heterocycles. The van der Waals surface area contributed by atoms with Crippen LogP contribution in [0.15, 0.2) is 0 Å². The quantitative estimate of drug-likeness (QED) is 0.273. The molecule has 0 aromatic carbocycles. The molecule has 5 nitrogen and oxygen atoms in total. The first-order valence-corrected chi connectivity index (χ1v) is 3.87. The minimum absolute atomic E-state index is 0. The maximum atomic E-state index is 10.4. The number of hydrogen-bond acceptors (Lipinski definition) is 4. The Bertz CT molecular complexity index is 162. The van der Waals surface area contributed by atoms with Crippen molar-refractivity contribution in [3.8, 4) is 0 Å². The fourth-order valence-corrected chi connectivity index (χ4v) is 0.753. The van der Waals surface area contributed by atoms with E-state index in [2.05, 4.69) is 5.32 Å². The number of aliphatic carboxylic acids is 1. The summed E-state index contributed by atoms with van der Waals surface area (Å²) < 4.78 is 0. The third-order valence-corrected chi connectivity index (χ3v) is 1.86.